The molecule has 0 bridgehead atoms. The van der Waals surface area contributed by atoms with E-state index >= 15 is 0 Å². The van der Waals surface area contributed by atoms with Gasteiger partial charge in [-0.05, 0) is 25.1 Å². The summed E-state index contributed by atoms with van der Waals surface area (Å²) in [6.45, 7) is 2.06. The molecule has 0 aliphatic rings. The number of imidazole rings is 1. The zero-order valence-electron chi connectivity index (χ0n) is 16.3. The van der Waals surface area contributed by atoms with Crippen LogP contribution < -0.4 is 16.6 Å². The number of hydrogen-bond donors (Lipinski definition) is 2. The lowest BCUT2D eigenvalue weighted by Gasteiger charge is -2.10. The smallest absolute Gasteiger partial charge is 0.329 e. The van der Waals surface area contributed by atoms with Crippen molar-refractivity contribution in [1.29, 1.82) is 0 Å². The highest BCUT2D eigenvalue weighted by Gasteiger charge is 2.17. The molecule has 0 atom stereocenters. The molecule has 9 heteroatoms. The molecular formula is C20H20N6O3. The Balaban J connectivity index is 1.61. The second kappa shape index (κ2) is 7.01. The Labute approximate surface area is 165 Å². The van der Waals surface area contributed by atoms with Gasteiger partial charge in [0, 0.05) is 32.8 Å². The number of H-pyrrole nitrogens is 1. The number of carbonyl (C=O) groups is 1. The summed E-state index contributed by atoms with van der Waals surface area (Å²) < 4.78 is 3.22. The van der Waals surface area contributed by atoms with Crippen molar-refractivity contribution in [2.24, 2.45) is 14.1 Å². The molecule has 0 aliphatic carbocycles. The second-order valence-corrected chi connectivity index (χ2v) is 6.91. The van der Waals surface area contributed by atoms with Gasteiger partial charge in [0.15, 0.2) is 0 Å². The molecule has 0 fully saturated rings. The number of aromatic amines is 1. The quantitative estimate of drug-likeness (QED) is 0.533. The number of fused-ring (bicyclic) bond motifs is 2. The van der Waals surface area contributed by atoms with E-state index in [2.05, 4.69) is 20.3 Å². The molecule has 0 spiro atoms. The topological polar surface area (TPSA) is 115 Å². The largest absolute Gasteiger partial charge is 0.352 e. The van der Waals surface area contributed by atoms with Crippen LogP contribution in [0.4, 0.5) is 0 Å². The predicted octanol–water partition coefficient (Wildman–Crippen LogP) is 0.789. The van der Waals surface area contributed by atoms with Gasteiger partial charge in [0.1, 0.15) is 11.5 Å². The van der Waals surface area contributed by atoms with Crippen LogP contribution in [0.15, 0.2) is 39.9 Å². The number of benzene rings is 1. The molecule has 0 unspecified atom stereocenters. The molecule has 2 N–H and O–H groups in total. The third-order valence-corrected chi connectivity index (χ3v) is 4.96. The zero-order chi connectivity index (χ0) is 20.7. The Kier molecular flexibility index (Phi) is 4.50. The van der Waals surface area contributed by atoms with Gasteiger partial charge in [-0.3, -0.25) is 19.1 Å². The summed E-state index contributed by atoms with van der Waals surface area (Å²) in [5, 5.41) is 2.93. The number of nitrogens with one attached hydrogen (secondary N) is 2. The van der Waals surface area contributed by atoms with Gasteiger partial charge in [0.05, 0.1) is 22.0 Å². The zero-order valence-corrected chi connectivity index (χ0v) is 16.3. The fraction of sp³-hybridized carbons (Fsp3) is 0.250. The van der Waals surface area contributed by atoms with E-state index in [-0.39, 0.29) is 16.6 Å². The summed E-state index contributed by atoms with van der Waals surface area (Å²) in [6.07, 6.45) is 0.535. The molecule has 4 rings (SSSR count). The fourth-order valence-corrected chi connectivity index (χ4v) is 3.44. The van der Waals surface area contributed by atoms with Gasteiger partial charge in [0.25, 0.3) is 11.5 Å². The number of aromatic nitrogens is 5. The van der Waals surface area contributed by atoms with Crippen LogP contribution in [0.3, 0.4) is 0 Å². The van der Waals surface area contributed by atoms with Gasteiger partial charge in [-0.25, -0.2) is 14.8 Å². The molecule has 3 heterocycles. The Morgan fingerprint density at radius 3 is 2.66 bits per heavy atom. The molecule has 1 amide bonds. The highest BCUT2D eigenvalue weighted by atomic mass is 16.2. The first-order valence-electron chi connectivity index (χ1n) is 9.16. The van der Waals surface area contributed by atoms with Gasteiger partial charge >= 0.3 is 5.69 Å². The van der Waals surface area contributed by atoms with E-state index in [0.29, 0.717) is 18.7 Å². The van der Waals surface area contributed by atoms with E-state index in [4.69, 9.17) is 0 Å². The molecule has 29 heavy (non-hydrogen) atoms. The van der Waals surface area contributed by atoms with Gasteiger partial charge < -0.3 is 9.88 Å². The van der Waals surface area contributed by atoms with E-state index in [0.717, 1.165) is 16.9 Å². The molecule has 4 aromatic rings. The van der Waals surface area contributed by atoms with Gasteiger partial charge in [-0.1, -0.05) is 12.1 Å². The summed E-state index contributed by atoms with van der Waals surface area (Å²) in [4.78, 5) is 48.0. The van der Waals surface area contributed by atoms with Gasteiger partial charge in [0.2, 0.25) is 0 Å². The third kappa shape index (κ3) is 3.20. The fourth-order valence-electron chi connectivity index (χ4n) is 3.44. The number of carbonyl (C=O) groups excluding carboxylic acids is 1. The monoisotopic (exact) mass is 392 g/mol. The lowest BCUT2D eigenvalue weighted by Crippen LogP contribution is -2.32. The number of rotatable bonds is 4. The molecule has 9 nitrogen and oxygen atoms in total. The summed E-state index contributed by atoms with van der Waals surface area (Å²) >= 11 is 0. The molecule has 148 valence electrons. The van der Waals surface area contributed by atoms with E-state index < -0.39 is 17.2 Å². The molecule has 3 aromatic heterocycles. The first-order valence-corrected chi connectivity index (χ1v) is 9.16. The SMILES string of the molecule is Cc1cc(C(=O)NCCc2nc3ccccc3n2C)c2c(=O)[nH]c(=O)n(C)c2n1. The maximum atomic E-state index is 12.8. The average molecular weight is 392 g/mol. The lowest BCUT2D eigenvalue weighted by molar-refractivity contribution is 0.0955. The summed E-state index contributed by atoms with van der Waals surface area (Å²) in [5.41, 5.74) is 1.63. The molecule has 1 aromatic carbocycles. The van der Waals surface area contributed by atoms with Crippen LogP contribution in [0.2, 0.25) is 0 Å². The minimum Gasteiger partial charge on any atom is -0.352 e. The minimum absolute atomic E-state index is 0.0953. The summed E-state index contributed by atoms with van der Waals surface area (Å²) in [5.74, 6) is 0.450. The Bertz CT molecular complexity index is 1380. The number of pyridine rings is 1. The van der Waals surface area contributed by atoms with Crippen molar-refractivity contribution in [2.75, 3.05) is 6.54 Å². The van der Waals surface area contributed by atoms with Crippen molar-refractivity contribution < 1.29 is 4.79 Å². The standard InChI is InChI=1S/C20H20N6O3/c1-11-10-12(16-17(22-11)26(3)20(29)24-19(16)28)18(27)21-9-8-15-23-13-6-4-5-7-14(13)25(15)2/h4-7,10H,8-9H2,1-3H3,(H,21,27)(H,24,28,29). The van der Waals surface area contributed by atoms with Crippen LogP contribution in [-0.4, -0.2) is 36.5 Å². The highest BCUT2D eigenvalue weighted by molar-refractivity contribution is 6.05. The Hall–Kier alpha value is -3.75. The van der Waals surface area contributed by atoms with Crippen LogP contribution in [0, 0.1) is 6.92 Å². The lowest BCUT2D eigenvalue weighted by atomic mass is 10.1. The average Bonchev–Trinajstić information content (AvgIpc) is 3.01. The first kappa shape index (κ1) is 18.6. The van der Waals surface area contributed by atoms with Crippen molar-refractivity contribution in [3.8, 4) is 0 Å². The second-order valence-electron chi connectivity index (χ2n) is 6.91. The number of para-hydroxylation sites is 2. The van der Waals surface area contributed by atoms with Crippen LogP contribution in [0.5, 0.6) is 0 Å². The van der Waals surface area contributed by atoms with Crippen molar-refractivity contribution >= 4 is 28.0 Å². The number of hydrogen-bond acceptors (Lipinski definition) is 5. The first-order chi connectivity index (χ1) is 13.9. The Morgan fingerprint density at radius 2 is 1.90 bits per heavy atom. The van der Waals surface area contributed by atoms with Crippen LogP contribution >= 0.6 is 0 Å². The van der Waals surface area contributed by atoms with Crippen LogP contribution in [-0.2, 0) is 20.5 Å². The highest BCUT2D eigenvalue weighted by Crippen LogP contribution is 2.15. The molecule has 0 saturated carbocycles. The number of nitrogens with zero attached hydrogens (tertiary/aromatic N) is 4. The van der Waals surface area contributed by atoms with Crippen LogP contribution in [0.25, 0.3) is 22.1 Å². The van der Waals surface area contributed by atoms with Gasteiger partial charge in [-0.2, -0.15) is 0 Å². The van der Waals surface area contributed by atoms with E-state index in [1.165, 1.54) is 11.6 Å². The predicted molar refractivity (Wildman–Crippen MR) is 109 cm³/mol. The molecule has 0 saturated heterocycles. The normalized spacial score (nSPS) is 11.3. The maximum Gasteiger partial charge on any atom is 0.329 e. The van der Waals surface area contributed by atoms with E-state index in [1.807, 2.05) is 35.9 Å². The van der Waals surface area contributed by atoms with Crippen LogP contribution in [0.1, 0.15) is 21.9 Å². The summed E-state index contributed by atoms with van der Waals surface area (Å²) in [7, 11) is 3.44. The molecule has 0 radical (unpaired) electrons. The number of aryl methyl sites for hydroxylation is 3. The summed E-state index contributed by atoms with van der Waals surface area (Å²) in [6, 6.07) is 9.37. The van der Waals surface area contributed by atoms with Gasteiger partial charge in [-0.15, -0.1) is 0 Å². The maximum absolute atomic E-state index is 12.8. The third-order valence-electron chi connectivity index (χ3n) is 4.96. The van der Waals surface area contributed by atoms with Crippen molar-refractivity contribution in [3.05, 3.63) is 68.3 Å². The van der Waals surface area contributed by atoms with Crippen molar-refractivity contribution in [1.82, 2.24) is 29.4 Å². The van der Waals surface area contributed by atoms with Crippen molar-refractivity contribution in [3.63, 3.8) is 0 Å². The molecule has 0 aliphatic heterocycles. The minimum atomic E-state index is -0.629. The van der Waals surface area contributed by atoms with Crippen molar-refractivity contribution in [2.45, 2.75) is 13.3 Å². The Morgan fingerprint density at radius 1 is 1.14 bits per heavy atom. The van der Waals surface area contributed by atoms with E-state index in [9.17, 15) is 14.4 Å². The number of amides is 1. The van der Waals surface area contributed by atoms with E-state index in [1.54, 1.807) is 13.0 Å². The molecular weight excluding hydrogens is 372 g/mol.